The van der Waals surface area contributed by atoms with E-state index < -0.39 is 5.97 Å². The highest BCUT2D eigenvalue weighted by atomic mass is 16.4. The quantitative estimate of drug-likeness (QED) is 0.679. The third-order valence-corrected chi connectivity index (χ3v) is 1.74. The molecule has 0 aliphatic heterocycles. The second-order valence-corrected chi connectivity index (χ2v) is 2.87. The van der Waals surface area contributed by atoms with Crippen LogP contribution in [0, 0.1) is 0 Å². The maximum atomic E-state index is 10.4. The average molecular weight is 164 g/mol. The molecule has 0 atom stereocenters. The van der Waals surface area contributed by atoms with E-state index in [0.29, 0.717) is 0 Å². The molecule has 0 radical (unpaired) electrons. The molecule has 1 aliphatic carbocycles. The van der Waals surface area contributed by atoms with Crippen molar-refractivity contribution in [3.05, 3.63) is 35.5 Å². The van der Waals surface area contributed by atoms with Gasteiger partial charge in [0.2, 0.25) is 0 Å². The monoisotopic (exact) mass is 164 g/mol. The summed E-state index contributed by atoms with van der Waals surface area (Å²) < 4.78 is 0. The molecule has 1 aliphatic rings. The first-order valence-electron chi connectivity index (χ1n) is 3.94. The molecule has 0 aromatic rings. The van der Waals surface area contributed by atoms with Crippen LogP contribution in [-0.4, -0.2) is 11.1 Å². The highest BCUT2D eigenvalue weighted by molar-refractivity contribution is 5.71. The second kappa shape index (κ2) is 3.90. The normalized spacial score (nSPS) is 16.4. The maximum absolute atomic E-state index is 10.4. The summed E-state index contributed by atoms with van der Waals surface area (Å²) in [4.78, 5) is 10.4. The fourth-order valence-corrected chi connectivity index (χ4v) is 1.08. The zero-order valence-electron chi connectivity index (χ0n) is 7.08. The maximum Gasteiger partial charge on any atom is 0.307 e. The molecule has 2 heteroatoms. The van der Waals surface area contributed by atoms with Gasteiger partial charge >= 0.3 is 5.97 Å². The molecule has 0 unspecified atom stereocenters. The Morgan fingerprint density at radius 3 is 2.92 bits per heavy atom. The van der Waals surface area contributed by atoms with Gasteiger partial charge < -0.3 is 5.11 Å². The SMILES string of the molecule is CC1=CCC=C(CC(=O)O)C=C1. The van der Waals surface area contributed by atoms with Crippen molar-refractivity contribution in [1.29, 1.82) is 0 Å². The van der Waals surface area contributed by atoms with Crippen molar-refractivity contribution >= 4 is 5.97 Å². The van der Waals surface area contributed by atoms with Gasteiger partial charge in [-0.25, -0.2) is 0 Å². The van der Waals surface area contributed by atoms with Crippen LogP contribution in [0.15, 0.2) is 35.5 Å². The zero-order valence-corrected chi connectivity index (χ0v) is 7.08. The molecule has 1 N–H and O–H groups in total. The van der Waals surface area contributed by atoms with E-state index >= 15 is 0 Å². The first kappa shape index (κ1) is 8.78. The van der Waals surface area contributed by atoms with Gasteiger partial charge in [0.25, 0.3) is 0 Å². The molecule has 0 saturated heterocycles. The van der Waals surface area contributed by atoms with Crippen LogP contribution in [0.4, 0.5) is 0 Å². The van der Waals surface area contributed by atoms with E-state index in [1.807, 2.05) is 25.2 Å². The van der Waals surface area contributed by atoms with Crippen molar-refractivity contribution in [3.63, 3.8) is 0 Å². The molecule has 1 rings (SSSR count). The molecular formula is C10H12O2. The molecule has 0 saturated carbocycles. The van der Waals surface area contributed by atoms with Crippen LogP contribution >= 0.6 is 0 Å². The number of rotatable bonds is 2. The standard InChI is InChI=1S/C10H12O2/c1-8-3-2-4-9(6-5-8)7-10(11)12/h3-6H,2,7H2,1H3,(H,11,12). The summed E-state index contributed by atoms with van der Waals surface area (Å²) in [6.07, 6.45) is 8.79. The lowest BCUT2D eigenvalue weighted by Crippen LogP contribution is -1.95. The van der Waals surface area contributed by atoms with Gasteiger partial charge in [0, 0.05) is 0 Å². The Hall–Kier alpha value is -1.31. The van der Waals surface area contributed by atoms with E-state index in [-0.39, 0.29) is 6.42 Å². The Bertz CT molecular complexity index is 270. The van der Waals surface area contributed by atoms with E-state index in [2.05, 4.69) is 6.08 Å². The zero-order chi connectivity index (χ0) is 8.97. The topological polar surface area (TPSA) is 37.3 Å². The Kier molecular flexibility index (Phi) is 2.86. The summed E-state index contributed by atoms with van der Waals surface area (Å²) in [5.41, 5.74) is 2.07. The summed E-state index contributed by atoms with van der Waals surface area (Å²) in [5.74, 6) is -0.773. The third kappa shape index (κ3) is 2.74. The Morgan fingerprint density at radius 2 is 2.25 bits per heavy atom. The molecule has 0 aromatic carbocycles. The van der Waals surface area contributed by atoms with Gasteiger partial charge in [-0.1, -0.05) is 29.9 Å². The van der Waals surface area contributed by atoms with Gasteiger partial charge in [0.15, 0.2) is 0 Å². The van der Waals surface area contributed by atoms with Crippen molar-refractivity contribution in [2.45, 2.75) is 19.8 Å². The van der Waals surface area contributed by atoms with Crippen molar-refractivity contribution in [2.24, 2.45) is 0 Å². The van der Waals surface area contributed by atoms with E-state index in [4.69, 9.17) is 5.11 Å². The van der Waals surface area contributed by atoms with Crippen molar-refractivity contribution in [1.82, 2.24) is 0 Å². The molecule has 0 amide bonds. The van der Waals surface area contributed by atoms with E-state index in [1.54, 1.807) is 0 Å². The van der Waals surface area contributed by atoms with Crippen molar-refractivity contribution in [2.75, 3.05) is 0 Å². The Morgan fingerprint density at radius 1 is 1.50 bits per heavy atom. The molecule has 0 heterocycles. The fraction of sp³-hybridized carbons (Fsp3) is 0.300. The molecule has 0 spiro atoms. The number of allylic oxidation sites excluding steroid dienone is 5. The van der Waals surface area contributed by atoms with Crippen LogP contribution in [0.5, 0.6) is 0 Å². The summed E-state index contributed by atoms with van der Waals surface area (Å²) in [5, 5.41) is 8.53. The largest absolute Gasteiger partial charge is 0.481 e. The minimum absolute atomic E-state index is 0.123. The lowest BCUT2D eigenvalue weighted by molar-refractivity contribution is -0.136. The number of aliphatic carboxylic acids is 1. The minimum Gasteiger partial charge on any atom is -0.481 e. The highest BCUT2D eigenvalue weighted by Crippen LogP contribution is 2.12. The number of carboxylic acid groups (broad SMARTS) is 1. The van der Waals surface area contributed by atoms with E-state index in [9.17, 15) is 4.79 Å². The minimum atomic E-state index is -0.773. The molecule has 64 valence electrons. The number of carboxylic acids is 1. The highest BCUT2D eigenvalue weighted by Gasteiger charge is 2.01. The van der Waals surface area contributed by atoms with Crippen LogP contribution in [0.2, 0.25) is 0 Å². The fourth-order valence-electron chi connectivity index (χ4n) is 1.08. The summed E-state index contributed by atoms with van der Waals surface area (Å²) in [7, 11) is 0. The smallest absolute Gasteiger partial charge is 0.307 e. The lowest BCUT2D eigenvalue weighted by atomic mass is 10.1. The van der Waals surface area contributed by atoms with Gasteiger partial charge in [-0.2, -0.15) is 0 Å². The molecular weight excluding hydrogens is 152 g/mol. The number of hydrogen-bond acceptors (Lipinski definition) is 1. The van der Waals surface area contributed by atoms with E-state index in [0.717, 1.165) is 12.0 Å². The lowest BCUT2D eigenvalue weighted by Gasteiger charge is -1.94. The van der Waals surface area contributed by atoms with Gasteiger partial charge in [-0.3, -0.25) is 4.79 Å². The van der Waals surface area contributed by atoms with Crippen LogP contribution < -0.4 is 0 Å². The second-order valence-electron chi connectivity index (χ2n) is 2.87. The molecule has 12 heavy (non-hydrogen) atoms. The summed E-state index contributed by atoms with van der Waals surface area (Å²) in [6.45, 7) is 2.01. The molecule has 0 aromatic heterocycles. The van der Waals surface area contributed by atoms with Crippen LogP contribution in [0.25, 0.3) is 0 Å². The Balaban J connectivity index is 2.64. The van der Waals surface area contributed by atoms with Gasteiger partial charge in [-0.05, 0) is 18.9 Å². The number of hydrogen-bond donors (Lipinski definition) is 1. The first-order valence-corrected chi connectivity index (χ1v) is 3.94. The van der Waals surface area contributed by atoms with Crippen LogP contribution in [-0.2, 0) is 4.79 Å². The van der Waals surface area contributed by atoms with E-state index in [1.165, 1.54) is 5.57 Å². The molecule has 0 bridgehead atoms. The average Bonchev–Trinajstić information content (AvgIpc) is 2.15. The Labute approximate surface area is 71.9 Å². The number of carbonyl (C=O) groups is 1. The van der Waals surface area contributed by atoms with Crippen molar-refractivity contribution < 1.29 is 9.90 Å². The predicted molar refractivity (Wildman–Crippen MR) is 47.8 cm³/mol. The molecule has 2 nitrogen and oxygen atoms in total. The first-order chi connectivity index (χ1) is 5.68. The third-order valence-electron chi connectivity index (χ3n) is 1.74. The summed E-state index contributed by atoms with van der Waals surface area (Å²) >= 11 is 0. The summed E-state index contributed by atoms with van der Waals surface area (Å²) in [6, 6.07) is 0. The van der Waals surface area contributed by atoms with Gasteiger partial charge in [-0.15, -0.1) is 0 Å². The van der Waals surface area contributed by atoms with Gasteiger partial charge in [0.05, 0.1) is 6.42 Å². The predicted octanol–water partition coefficient (Wildman–Crippen LogP) is 2.29. The van der Waals surface area contributed by atoms with Crippen molar-refractivity contribution in [3.8, 4) is 0 Å². The van der Waals surface area contributed by atoms with Gasteiger partial charge in [0.1, 0.15) is 0 Å². The van der Waals surface area contributed by atoms with Crippen LogP contribution in [0.3, 0.4) is 0 Å². The molecule has 0 fully saturated rings. The van der Waals surface area contributed by atoms with Crippen LogP contribution in [0.1, 0.15) is 19.8 Å².